The van der Waals surface area contributed by atoms with E-state index >= 15 is 0 Å². The second-order valence-corrected chi connectivity index (χ2v) is 7.47. The summed E-state index contributed by atoms with van der Waals surface area (Å²) in [5.74, 6) is -0.346. The largest absolute Gasteiger partial charge is 0.373 e. The topological polar surface area (TPSA) is 85.0 Å². The molecule has 2 atom stereocenters. The van der Waals surface area contributed by atoms with Gasteiger partial charge in [-0.25, -0.2) is 4.98 Å². The van der Waals surface area contributed by atoms with Crippen LogP contribution in [0.2, 0.25) is 0 Å². The third-order valence-corrected chi connectivity index (χ3v) is 5.07. The maximum absolute atomic E-state index is 13.5. The lowest BCUT2D eigenvalue weighted by atomic mass is 9.99. The molecule has 29 heavy (non-hydrogen) atoms. The molecule has 4 heterocycles. The number of aromatic nitrogens is 4. The van der Waals surface area contributed by atoms with Gasteiger partial charge in [-0.15, -0.1) is 0 Å². The number of amides is 1. The van der Waals surface area contributed by atoms with Gasteiger partial charge in [0.15, 0.2) is 0 Å². The lowest BCUT2D eigenvalue weighted by Gasteiger charge is -2.41. The first-order chi connectivity index (χ1) is 14.0. The van der Waals surface area contributed by atoms with Crippen LogP contribution >= 0.6 is 0 Å². The molecule has 1 amide bonds. The highest BCUT2D eigenvalue weighted by Gasteiger charge is 2.38. The Labute approximate surface area is 168 Å². The molecule has 0 N–H and O–H groups in total. The van der Waals surface area contributed by atoms with Crippen LogP contribution in [0.25, 0.3) is 5.65 Å². The smallest absolute Gasteiger partial charge is 0.270 e. The van der Waals surface area contributed by atoms with E-state index in [-0.39, 0.29) is 29.2 Å². The quantitative estimate of drug-likeness (QED) is 0.641. The Bertz CT molecular complexity index is 1090. The SMILES string of the molecule is CN(C)C[C@@H]1OCCN(C(=O)c2cnc3ccccn3c2=O)[C@H]1c1cnn(C)c1. The van der Waals surface area contributed by atoms with E-state index in [1.165, 1.54) is 10.6 Å². The molecular formula is C20H24N6O3. The molecule has 4 rings (SSSR count). The maximum atomic E-state index is 13.5. The monoisotopic (exact) mass is 396 g/mol. The zero-order valence-electron chi connectivity index (χ0n) is 16.7. The van der Waals surface area contributed by atoms with Gasteiger partial charge in [-0.2, -0.15) is 5.10 Å². The van der Waals surface area contributed by atoms with Crippen molar-refractivity contribution in [3.05, 3.63) is 64.5 Å². The number of hydrogen-bond donors (Lipinski definition) is 0. The van der Waals surface area contributed by atoms with Crippen LogP contribution in [-0.4, -0.2) is 74.8 Å². The molecule has 0 unspecified atom stereocenters. The fraction of sp³-hybridized carbons (Fsp3) is 0.400. The van der Waals surface area contributed by atoms with E-state index in [0.717, 1.165) is 5.56 Å². The Balaban J connectivity index is 1.75. The molecule has 0 aliphatic carbocycles. The van der Waals surface area contributed by atoms with Gasteiger partial charge >= 0.3 is 0 Å². The minimum absolute atomic E-state index is 0.0492. The number of carbonyl (C=O) groups is 1. The Morgan fingerprint density at radius 2 is 2.14 bits per heavy atom. The molecular weight excluding hydrogens is 372 g/mol. The van der Waals surface area contributed by atoms with Crippen LogP contribution in [0.4, 0.5) is 0 Å². The second-order valence-electron chi connectivity index (χ2n) is 7.47. The van der Waals surface area contributed by atoms with Crippen LogP contribution < -0.4 is 5.56 Å². The third-order valence-electron chi connectivity index (χ3n) is 5.07. The van der Waals surface area contributed by atoms with Crippen LogP contribution in [0.3, 0.4) is 0 Å². The zero-order valence-corrected chi connectivity index (χ0v) is 16.7. The summed E-state index contributed by atoms with van der Waals surface area (Å²) in [5, 5.41) is 4.26. The van der Waals surface area contributed by atoms with Crippen LogP contribution in [0.15, 0.2) is 47.8 Å². The third kappa shape index (κ3) is 3.66. The molecule has 9 nitrogen and oxygen atoms in total. The van der Waals surface area contributed by atoms with Gasteiger partial charge in [0.2, 0.25) is 0 Å². The highest BCUT2D eigenvalue weighted by molar-refractivity contribution is 5.94. The van der Waals surface area contributed by atoms with Crippen molar-refractivity contribution in [1.82, 2.24) is 29.0 Å². The van der Waals surface area contributed by atoms with Gasteiger partial charge in [0.05, 0.1) is 24.9 Å². The summed E-state index contributed by atoms with van der Waals surface area (Å²) in [6.45, 7) is 1.43. The molecule has 0 spiro atoms. The summed E-state index contributed by atoms with van der Waals surface area (Å²) in [6, 6.07) is 4.93. The minimum atomic E-state index is -0.374. The van der Waals surface area contributed by atoms with Crippen molar-refractivity contribution >= 4 is 11.6 Å². The lowest BCUT2D eigenvalue weighted by Crippen LogP contribution is -2.51. The van der Waals surface area contributed by atoms with Gasteiger partial charge in [0.1, 0.15) is 11.2 Å². The first kappa shape index (κ1) is 19.3. The molecule has 0 radical (unpaired) electrons. The lowest BCUT2D eigenvalue weighted by molar-refractivity contribution is -0.0685. The molecule has 1 fully saturated rings. The summed E-state index contributed by atoms with van der Waals surface area (Å²) in [6.07, 6.45) is 6.38. The first-order valence-corrected chi connectivity index (χ1v) is 9.48. The number of hydrogen-bond acceptors (Lipinski definition) is 6. The Hall–Kier alpha value is -3.04. The normalized spacial score (nSPS) is 19.8. The molecule has 9 heteroatoms. The van der Waals surface area contributed by atoms with Gasteiger partial charge < -0.3 is 14.5 Å². The summed E-state index contributed by atoms with van der Waals surface area (Å²) in [4.78, 5) is 34.4. The zero-order chi connectivity index (χ0) is 20.5. The molecule has 3 aromatic rings. The summed E-state index contributed by atoms with van der Waals surface area (Å²) < 4.78 is 9.10. The van der Waals surface area contributed by atoms with Crippen molar-refractivity contribution in [2.75, 3.05) is 33.8 Å². The number of nitrogens with zero attached hydrogens (tertiary/aromatic N) is 6. The van der Waals surface area contributed by atoms with Crippen molar-refractivity contribution < 1.29 is 9.53 Å². The first-order valence-electron chi connectivity index (χ1n) is 9.48. The van der Waals surface area contributed by atoms with Crippen LogP contribution in [0.5, 0.6) is 0 Å². The Morgan fingerprint density at radius 3 is 2.86 bits per heavy atom. The Kier molecular flexibility index (Phi) is 5.16. The van der Waals surface area contributed by atoms with Gasteiger partial charge in [-0.1, -0.05) is 6.07 Å². The average molecular weight is 396 g/mol. The van der Waals surface area contributed by atoms with Gasteiger partial charge in [-0.05, 0) is 26.2 Å². The molecule has 1 aliphatic heterocycles. The molecule has 0 bridgehead atoms. The number of fused-ring (bicyclic) bond motifs is 1. The van der Waals surface area contributed by atoms with Gasteiger partial charge in [0.25, 0.3) is 11.5 Å². The molecule has 152 valence electrons. The van der Waals surface area contributed by atoms with Crippen molar-refractivity contribution in [3.8, 4) is 0 Å². The van der Waals surface area contributed by atoms with E-state index < -0.39 is 0 Å². The van der Waals surface area contributed by atoms with E-state index in [4.69, 9.17) is 4.74 Å². The molecule has 1 aliphatic rings. The molecule has 0 aromatic carbocycles. The maximum Gasteiger partial charge on any atom is 0.270 e. The number of morpholine rings is 1. The summed E-state index contributed by atoms with van der Waals surface area (Å²) >= 11 is 0. The molecule has 0 saturated carbocycles. The number of aryl methyl sites for hydroxylation is 1. The van der Waals surface area contributed by atoms with Crippen LogP contribution in [0.1, 0.15) is 22.0 Å². The van der Waals surface area contributed by atoms with E-state index in [1.807, 2.05) is 32.2 Å². The number of ether oxygens (including phenoxy) is 1. The fourth-order valence-corrected chi connectivity index (χ4v) is 3.79. The van der Waals surface area contributed by atoms with Crippen LogP contribution in [-0.2, 0) is 11.8 Å². The van der Waals surface area contributed by atoms with Crippen molar-refractivity contribution in [2.45, 2.75) is 12.1 Å². The fourth-order valence-electron chi connectivity index (χ4n) is 3.79. The standard InChI is InChI=1S/C20H24N6O3/c1-23(2)13-16-18(14-10-22-24(3)12-14)26(8-9-29-16)20(28)15-11-21-17-6-4-5-7-25(17)19(15)27/h4-7,10-12,16,18H,8-9,13H2,1-3H3/t16-,18-/m0/s1. The van der Waals surface area contributed by atoms with E-state index in [2.05, 4.69) is 10.1 Å². The number of rotatable bonds is 4. The summed E-state index contributed by atoms with van der Waals surface area (Å²) in [5.41, 5.74) is 1.06. The number of carbonyl (C=O) groups excluding carboxylic acids is 1. The number of likely N-dealkylation sites (N-methyl/N-ethyl adjacent to an activating group) is 1. The second kappa shape index (κ2) is 7.76. The molecule has 1 saturated heterocycles. The summed E-state index contributed by atoms with van der Waals surface area (Å²) in [7, 11) is 5.76. The van der Waals surface area contributed by atoms with Crippen molar-refractivity contribution in [3.63, 3.8) is 0 Å². The average Bonchev–Trinajstić information content (AvgIpc) is 3.13. The highest BCUT2D eigenvalue weighted by atomic mass is 16.5. The van der Waals surface area contributed by atoms with Crippen molar-refractivity contribution in [1.29, 1.82) is 0 Å². The predicted molar refractivity (Wildman–Crippen MR) is 107 cm³/mol. The van der Waals surface area contributed by atoms with Crippen LogP contribution in [0, 0.1) is 0 Å². The Morgan fingerprint density at radius 1 is 1.31 bits per heavy atom. The van der Waals surface area contributed by atoms with E-state index in [1.54, 1.807) is 40.2 Å². The minimum Gasteiger partial charge on any atom is -0.373 e. The van der Waals surface area contributed by atoms with Gasteiger partial charge in [-0.3, -0.25) is 18.7 Å². The van der Waals surface area contributed by atoms with E-state index in [0.29, 0.717) is 25.3 Å². The van der Waals surface area contributed by atoms with Crippen molar-refractivity contribution in [2.24, 2.45) is 7.05 Å². The molecule has 3 aromatic heterocycles. The van der Waals surface area contributed by atoms with E-state index in [9.17, 15) is 9.59 Å². The highest BCUT2D eigenvalue weighted by Crippen LogP contribution is 2.30. The number of pyridine rings is 1. The predicted octanol–water partition coefficient (Wildman–Crippen LogP) is 0.572. The van der Waals surface area contributed by atoms with Gasteiger partial charge in [0, 0.05) is 44.3 Å².